The minimum atomic E-state index is -0.391. The number of rotatable bonds is 22. The van der Waals surface area contributed by atoms with Crippen LogP contribution in [0.25, 0.3) is 0 Å². The minimum absolute atomic E-state index is 0.380. The number of nitrogens with zero attached hydrogens (tertiary/aromatic N) is 2. The summed E-state index contributed by atoms with van der Waals surface area (Å²) in [5.41, 5.74) is 0.779. The standard InChI is InChI=1S/C30H52N2O4/c1-5-9-11-13-20-31(7-3)22-16-24-35-29(33)27-18-15-19-28(26-27)30(34)36-25-17-23-32(8-4)21-14-12-10-6-2/h15,18-19,26H,5-14,16-17,20-25H2,1-4H3. The monoisotopic (exact) mass is 504 g/mol. The van der Waals surface area contributed by atoms with Crippen LogP contribution >= 0.6 is 0 Å². The highest BCUT2D eigenvalue weighted by Gasteiger charge is 2.13. The van der Waals surface area contributed by atoms with Crippen molar-refractivity contribution in [2.45, 2.75) is 91.9 Å². The first-order valence-electron chi connectivity index (χ1n) is 14.4. The number of carbonyl (C=O) groups excluding carboxylic acids is 2. The maximum atomic E-state index is 12.5. The molecule has 0 aliphatic carbocycles. The van der Waals surface area contributed by atoms with E-state index >= 15 is 0 Å². The lowest BCUT2D eigenvalue weighted by molar-refractivity contribution is 0.0487. The van der Waals surface area contributed by atoms with E-state index in [9.17, 15) is 9.59 Å². The Morgan fingerprint density at radius 2 is 1.03 bits per heavy atom. The minimum Gasteiger partial charge on any atom is -0.462 e. The van der Waals surface area contributed by atoms with Gasteiger partial charge in [-0.2, -0.15) is 0 Å². The highest BCUT2D eigenvalue weighted by atomic mass is 16.5. The number of hydrogen-bond donors (Lipinski definition) is 0. The van der Waals surface area contributed by atoms with Crippen LogP contribution in [0.4, 0.5) is 0 Å². The van der Waals surface area contributed by atoms with Crippen LogP contribution in [0.3, 0.4) is 0 Å². The molecule has 1 rings (SSSR count). The van der Waals surface area contributed by atoms with E-state index < -0.39 is 11.9 Å². The topological polar surface area (TPSA) is 59.1 Å². The molecule has 6 nitrogen and oxygen atoms in total. The third-order valence-electron chi connectivity index (χ3n) is 6.59. The Morgan fingerprint density at radius 1 is 0.611 bits per heavy atom. The van der Waals surface area contributed by atoms with E-state index in [1.165, 1.54) is 51.4 Å². The van der Waals surface area contributed by atoms with Gasteiger partial charge in [0.05, 0.1) is 24.3 Å². The third-order valence-corrected chi connectivity index (χ3v) is 6.59. The lowest BCUT2D eigenvalue weighted by atomic mass is 10.1. The highest BCUT2D eigenvalue weighted by Crippen LogP contribution is 2.10. The Labute approximate surface area is 220 Å². The Kier molecular flexibility index (Phi) is 18.9. The van der Waals surface area contributed by atoms with Crippen LogP contribution in [0.2, 0.25) is 0 Å². The fourth-order valence-electron chi connectivity index (χ4n) is 4.23. The zero-order valence-electron chi connectivity index (χ0n) is 23.6. The normalized spacial score (nSPS) is 11.3. The summed E-state index contributed by atoms with van der Waals surface area (Å²) in [6.07, 6.45) is 11.7. The van der Waals surface area contributed by atoms with E-state index in [1.807, 2.05) is 0 Å². The van der Waals surface area contributed by atoms with Gasteiger partial charge in [-0.15, -0.1) is 0 Å². The van der Waals surface area contributed by atoms with Crippen molar-refractivity contribution >= 4 is 11.9 Å². The number of carbonyl (C=O) groups is 2. The Bertz CT molecular complexity index is 655. The molecule has 0 aliphatic heterocycles. The van der Waals surface area contributed by atoms with Crippen molar-refractivity contribution < 1.29 is 19.1 Å². The highest BCUT2D eigenvalue weighted by molar-refractivity contribution is 5.95. The summed E-state index contributed by atoms with van der Waals surface area (Å²) in [6, 6.07) is 6.64. The molecule has 0 atom stereocenters. The molecule has 0 radical (unpaired) electrons. The van der Waals surface area contributed by atoms with Gasteiger partial charge in [0, 0.05) is 13.1 Å². The molecular formula is C30H52N2O4. The molecule has 0 spiro atoms. The van der Waals surface area contributed by atoms with Crippen molar-refractivity contribution in [2.24, 2.45) is 0 Å². The molecule has 0 saturated heterocycles. The molecule has 0 bridgehead atoms. The van der Waals surface area contributed by atoms with E-state index in [0.29, 0.717) is 24.3 Å². The maximum absolute atomic E-state index is 12.5. The van der Waals surface area contributed by atoms with Gasteiger partial charge < -0.3 is 19.3 Å². The predicted octanol–water partition coefficient (Wildman–Crippen LogP) is 6.58. The van der Waals surface area contributed by atoms with Crippen molar-refractivity contribution in [3.8, 4) is 0 Å². The van der Waals surface area contributed by atoms with E-state index in [4.69, 9.17) is 9.47 Å². The number of ether oxygens (including phenoxy) is 2. The summed E-state index contributed by atoms with van der Waals surface area (Å²) in [6.45, 7) is 15.6. The van der Waals surface area contributed by atoms with E-state index in [0.717, 1.165) is 52.1 Å². The van der Waals surface area contributed by atoms with Gasteiger partial charge in [0.25, 0.3) is 0 Å². The van der Waals surface area contributed by atoms with Gasteiger partial charge in [-0.3, -0.25) is 0 Å². The number of unbranched alkanes of at least 4 members (excludes halogenated alkanes) is 6. The fourth-order valence-corrected chi connectivity index (χ4v) is 4.23. The fraction of sp³-hybridized carbons (Fsp3) is 0.733. The summed E-state index contributed by atoms with van der Waals surface area (Å²) < 4.78 is 10.9. The van der Waals surface area contributed by atoms with Crippen LogP contribution in [0.5, 0.6) is 0 Å². The molecule has 0 heterocycles. The summed E-state index contributed by atoms with van der Waals surface area (Å²) >= 11 is 0. The van der Waals surface area contributed by atoms with Crippen molar-refractivity contribution in [3.63, 3.8) is 0 Å². The number of benzene rings is 1. The van der Waals surface area contributed by atoms with Gasteiger partial charge in [0.2, 0.25) is 0 Å². The predicted molar refractivity (Wildman–Crippen MR) is 149 cm³/mol. The van der Waals surface area contributed by atoms with Gasteiger partial charge in [-0.1, -0.05) is 72.3 Å². The Morgan fingerprint density at radius 3 is 1.42 bits per heavy atom. The molecule has 0 fully saturated rings. The molecule has 36 heavy (non-hydrogen) atoms. The summed E-state index contributed by atoms with van der Waals surface area (Å²) in [5, 5.41) is 0. The first-order chi connectivity index (χ1) is 17.5. The molecule has 0 N–H and O–H groups in total. The van der Waals surface area contributed by atoms with Gasteiger partial charge in [-0.25, -0.2) is 9.59 Å². The van der Waals surface area contributed by atoms with Gasteiger partial charge in [-0.05, 0) is 70.1 Å². The van der Waals surface area contributed by atoms with Crippen LogP contribution in [0, 0.1) is 0 Å². The Hall–Kier alpha value is -1.92. The third kappa shape index (κ3) is 14.6. The molecule has 0 aliphatic rings. The molecule has 1 aromatic rings. The second-order valence-corrected chi connectivity index (χ2v) is 9.55. The lowest BCUT2D eigenvalue weighted by Crippen LogP contribution is -2.27. The first-order valence-corrected chi connectivity index (χ1v) is 14.4. The SMILES string of the molecule is CCCCCCN(CC)CCCOC(=O)c1cccc(C(=O)OCCCN(CC)CCCCCC)c1. The van der Waals surface area contributed by atoms with E-state index in [2.05, 4.69) is 37.5 Å². The summed E-state index contributed by atoms with van der Waals surface area (Å²) in [5.74, 6) is -0.783. The van der Waals surface area contributed by atoms with Crippen LogP contribution in [-0.2, 0) is 9.47 Å². The number of esters is 2. The van der Waals surface area contributed by atoms with Crippen LogP contribution in [0.1, 0.15) is 113 Å². The lowest BCUT2D eigenvalue weighted by Gasteiger charge is -2.20. The average molecular weight is 505 g/mol. The van der Waals surface area contributed by atoms with Crippen molar-refractivity contribution in [1.82, 2.24) is 9.80 Å². The zero-order valence-corrected chi connectivity index (χ0v) is 23.6. The largest absolute Gasteiger partial charge is 0.462 e. The first kappa shape index (κ1) is 32.1. The smallest absolute Gasteiger partial charge is 0.338 e. The van der Waals surface area contributed by atoms with Crippen LogP contribution in [-0.4, -0.2) is 74.2 Å². The molecule has 0 saturated carbocycles. The maximum Gasteiger partial charge on any atom is 0.338 e. The second-order valence-electron chi connectivity index (χ2n) is 9.55. The second kappa shape index (κ2) is 21.2. The molecule has 0 unspecified atom stereocenters. The summed E-state index contributed by atoms with van der Waals surface area (Å²) in [4.78, 5) is 29.8. The summed E-state index contributed by atoms with van der Waals surface area (Å²) in [7, 11) is 0. The van der Waals surface area contributed by atoms with Crippen molar-refractivity contribution in [2.75, 3.05) is 52.5 Å². The average Bonchev–Trinajstić information content (AvgIpc) is 2.91. The van der Waals surface area contributed by atoms with E-state index in [1.54, 1.807) is 24.3 Å². The van der Waals surface area contributed by atoms with E-state index in [-0.39, 0.29) is 0 Å². The molecule has 6 heteroatoms. The molecular weight excluding hydrogens is 452 g/mol. The van der Waals surface area contributed by atoms with Gasteiger partial charge in [0.1, 0.15) is 0 Å². The van der Waals surface area contributed by atoms with Gasteiger partial charge in [0.15, 0.2) is 0 Å². The quantitative estimate of drug-likeness (QED) is 0.131. The zero-order chi connectivity index (χ0) is 26.4. The Balaban J connectivity index is 2.34. The van der Waals surface area contributed by atoms with Crippen LogP contribution < -0.4 is 0 Å². The molecule has 1 aromatic carbocycles. The molecule has 0 aromatic heterocycles. The van der Waals surface area contributed by atoms with Crippen LogP contribution in [0.15, 0.2) is 24.3 Å². The number of hydrogen-bond acceptors (Lipinski definition) is 6. The van der Waals surface area contributed by atoms with Gasteiger partial charge >= 0.3 is 11.9 Å². The van der Waals surface area contributed by atoms with Crippen molar-refractivity contribution in [1.29, 1.82) is 0 Å². The van der Waals surface area contributed by atoms with Crippen molar-refractivity contribution in [3.05, 3.63) is 35.4 Å². The molecule has 206 valence electrons. The molecule has 0 amide bonds.